The Hall–Kier alpha value is -3.36. The van der Waals surface area contributed by atoms with E-state index in [1.165, 1.54) is 11.1 Å². The molecule has 35 heavy (non-hydrogen) atoms. The van der Waals surface area contributed by atoms with Crippen molar-refractivity contribution in [2.24, 2.45) is 5.84 Å². The van der Waals surface area contributed by atoms with Gasteiger partial charge in [-0.25, -0.2) is 15.6 Å². The highest BCUT2D eigenvalue weighted by molar-refractivity contribution is 5.91. The molecule has 3 amide bonds. The molecule has 1 heterocycles. The van der Waals surface area contributed by atoms with Crippen LogP contribution in [0.1, 0.15) is 39.3 Å². The number of nitrogens with two attached hydrogens (primary N) is 1. The molecule has 1 unspecified atom stereocenters. The second-order valence-electron chi connectivity index (χ2n) is 9.35. The summed E-state index contributed by atoms with van der Waals surface area (Å²) in [7, 11) is 0. The summed E-state index contributed by atoms with van der Waals surface area (Å²) in [5.41, 5.74) is 2.67. The van der Waals surface area contributed by atoms with E-state index >= 15 is 0 Å². The SMILES string of the molecule is C=CN(C(=O)N(N)c1ccc(N2CCN(C(C(=O)NC(C)C)c3ccccc3)CC2)cc1)C(C)C. The second-order valence-corrected chi connectivity index (χ2v) is 9.35. The molecule has 0 bridgehead atoms. The molecule has 3 rings (SSSR count). The van der Waals surface area contributed by atoms with Crippen LogP contribution in [0.15, 0.2) is 67.4 Å². The van der Waals surface area contributed by atoms with E-state index in [1.807, 2.05) is 82.3 Å². The van der Waals surface area contributed by atoms with Gasteiger partial charge in [-0.3, -0.25) is 14.6 Å². The summed E-state index contributed by atoms with van der Waals surface area (Å²) in [5.74, 6) is 6.12. The van der Waals surface area contributed by atoms with Crippen LogP contribution < -0.4 is 21.1 Å². The first-order valence-electron chi connectivity index (χ1n) is 12.2. The van der Waals surface area contributed by atoms with Gasteiger partial charge in [-0.1, -0.05) is 36.9 Å². The van der Waals surface area contributed by atoms with Gasteiger partial charge in [-0.15, -0.1) is 0 Å². The number of hydrogen-bond acceptors (Lipinski definition) is 5. The highest BCUT2D eigenvalue weighted by Gasteiger charge is 2.31. The maximum absolute atomic E-state index is 13.1. The van der Waals surface area contributed by atoms with E-state index in [9.17, 15) is 9.59 Å². The van der Waals surface area contributed by atoms with Gasteiger partial charge in [0, 0.05) is 50.2 Å². The summed E-state index contributed by atoms with van der Waals surface area (Å²) in [6.07, 6.45) is 1.49. The fourth-order valence-electron chi connectivity index (χ4n) is 4.33. The van der Waals surface area contributed by atoms with Gasteiger partial charge in [0.25, 0.3) is 0 Å². The second kappa shape index (κ2) is 11.9. The lowest BCUT2D eigenvalue weighted by atomic mass is 10.0. The van der Waals surface area contributed by atoms with Crippen LogP contribution in [-0.4, -0.2) is 60.0 Å². The number of benzene rings is 2. The van der Waals surface area contributed by atoms with Crippen LogP contribution in [0.5, 0.6) is 0 Å². The Bertz CT molecular complexity index is 984. The van der Waals surface area contributed by atoms with Gasteiger partial charge in [-0.2, -0.15) is 0 Å². The lowest BCUT2D eigenvalue weighted by Crippen LogP contribution is -2.51. The molecule has 1 aliphatic heterocycles. The van der Waals surface area contributed by atoms with Crippen molar-refractivity contribution in [3.8, 4) is 0 Å². The number of anilines is 2. The Morgan fingerprint density at radius 2 is 1.57 bits per heavy atom. The van der Waals surface area contributed by atoms with E-state index < -0.39 is 0 Å². The molecule has 0 aliphatic carbocycles. The average molecular weight is 479 g/mol. The number of urea groups is 1. The number of carbonyl (C=O) groups excluding carboxylic acids is 2. The van der Waals surface area contributed by atoms with Crippen molar-refractivity contribution >= 4 is 23.3 Å². The van der Waals surface area contributed by atoms with E-state index in [0.29, 0.717) is 5.69 Å². The monoisotopic (exact) mass is 478 g/mol. The minimum Gasteiger partial charge on any atom is -0.369 e. The summed E-state index contributed by atoms with van der Waals surface area (Å²) in [4.78, 5) is 31.7. The predicted octanol–water partition coefficient (Wildman–Crippen LogP) is 3.73. The van der Waals surface area contributed by atoms with Gasteiger partial charge < -0.3 is 10.2 Å². The molecule has 2 aromatic carbocycles. The van der Waals surface area contributed by atoms with Gasteiger partial charge >= 0.3 is 6.03 Å². The summed E-state index contributed by atoms with van der Waals surface area (Å²) >= 11 is 0. The third kappa shape index (κ3) is 6.41. The molecule has 0 aromatic heterocycles. The third-order valence-corrected chi connectivity index (χ3v) is 6.15. The molecule has 2 aromatic rings. The molecule has 0 spiro atoms. The van der Waals surface area contributed by atoms with Crippen LogP contribution in [0.2, 0.25) is 0 Å². The van der Waals surface area contributed by atoms with Crippen LogP contribution in [0, 0.1) is 0 Å². The van der Waals surface area contributed by atoms with E-state index in [1.54, 1.807) is 0 Å². The van der Waals surface area contributed by atoms with Crippen LogP contribution >= 0.6 is 0 Å². The first-order valence-corrected chi connectivity index (χ1v) is 12.2. The summed E-state index contributed by atoms with van der Waals surface area (Å²) in [6.45, 7) is 14.6. The van der Waals surface area contributed by atoms with E-state index in [-0.39, 0.29) is 30.1 Å². The number of nitrogens with zero attached hydrogens (tertiary/aromatic N) is 4. The van der Waals surface area contributed by atoms with Gasteiger partial charge in [0.2, 0.25) is 5.91 Å². The van der Waals surface area contributed by atoms with Crippen molar-refractivity contribution in [1.82, 2.24) is 15.1 Å². The van der Waals surface area contributed by atoms with E-state index in [4.69, 9.17) is 5.84 Å². The van der Waals surface area contributed by atoms with Crippen molar-refractivity contribution in [3.05, 3.63) is 72.9 Å². The first-order chi connectivity index (χ1) is 16.7. The summed E-state index contributed by atoms with van der Waals surface area (Å²) in [5, 5.41) is 4.22. The molecule has 8 heteroatoms. The van der Waals surface area contributed by atoms with Crippen LogP contribution in [0.25, 0.3) is 0 Å². The zero-order valence-electron chi connectivity index (χ0n) is 21.2. The van der Waals surface area contributed by atoms with Gasteiger partial charge in [0.05, 0.1) is 5.69 Å². The van der Waals surface area contributed by atoms with E-state index in [2.05, 4.69) is 21.7 Å². The Balaban J connectivity index is 1.67. The molecule has 8 nitrogen and oxygen atoms in total. The van der Waals surface area contributed by atoms with Crippen LogP contribution in [0.3, 0.4) is 0 Å². The Morgan fingerprint density at radius 3 is 2.09 bits per heavy atom. The number of hydrogen-bond donors (Lipinski definition) is 2. The number of rotatable bonds is 8. The summed E-state index contributed by atoms with van der Waals surface area (Å²) < 4.78 is 0. The van der Waals surface area contributed by atoms with Crippen molar-refractivity contribution < 1.29 is 9.59 Å². The first kappa shape index (κ1) is 26.2. The zero-order valence-corrected chi connectivity index (χ0v) is 21.2. The van der Waals surface area contributed by atoms with Gasteiger partial charge in [-0.05, 0) is 57.5 Å². The minimum atomic E-state index is -0.331. The minimum absolute atomic E-state index is 0.0340. The molecule has 3 N–H and O–H groups in total. The smallest absolute Gasteiger partial charge is 0.343 e. The number of amides is 3. The largest absolute Gasteiger partial charge is 0.369 e. The zero-order chi connectivity index (χ0) is 25.5. The number of piperazine rings is 1. The Labute approximate surface area is 208 Å². The lowest BCUT2D eigenvalue weighted by Gasteiger charge is -2.40. The maximum atomic E-state index is 13.1. The number of hydrazine groups is 1. The van der Waals surface area contributed by atoms with Crippen molar-refractivity contribution in [2.45, 2.75) is 45.8 Å². The number of carbonyl (C=O) groups is 2. The predicted molar refractivity (Wildman–Crippen MR) is 142 cm³/mol. The molecular formula is C27H38N6O2. The molecule has 1 atom stereocenters. The van der Waals surface area contributed by atoms with Crippen molar-refractivity contribution in [1.29, 1.82) is 0 Å². The molecular weight excluding hydrogens is 440 g/mol. The third-order valence-electron chi connectivity index (χ3n) is 6.15. The average Bonchev–Trinajstić information content (AvgIpc) is 2.84. The number of nitrogens with one attached hydrogen (secondary N) is 1. The Morgan fingerprint density at radius 1 is 0.971 bits per heavy atom. The fourth-order valence-corrected chi connectivity index (χ4v) is 4.33. The van der Waals surface area contributed by atoms with Crippen LogP contribution in [-0.2, 0) is 4.79 Å². The topological polar surface area (TPSA) is 85.2 Å². The normalized spacial score (nSPS) is 15.1. The molecule has 1 saturated heterocycles. The van der Waals surface area contributed by atoms with Gasteiger partial charge in [0.15, 0.2) is 0 Å². The van der Waals surface area contributed by atoms with Gasteiger partial charge in [0.1, 0.15) is 6.04 Å². The standard InChI is InChI=1S/C27H38N6O2/c1-6-32(21(4)5)27(35)33(28)24-14-12-23(13-15-24)30-16-18-31(19-17-30)25(26(34)29-20(2)3)22-10-8-7-9-11-22/h6-15,20-21,25H,1,16-19,28H2,2-5H3,(H,29,34). The maximum Gasteiger partial charge on any atom is 0.343 e. The quantitative estimate of drug-likeness (QED) is 0.343. The molecule has 188 valence electrons. The highest BCUT2D eigenvalue weighted by atomic mass is 16.2. The molecule has 1 aliphatic rings. The lowest BCUT2D eigenvalue weighted by molar-refractivity contribution is -0.127. The Kier molecular flexibility index (Phi) is 8.89. The molecule has 0 radical (unpaired) electrons. The summed E-state index contributed by atoms with van der Waals surface area (Å²) in [6, 6.07) is 17.0. The van der Waals surface area contributed by atoms with Crippen molar-refractivity contribution in [2.75, 3.05) is 36.1 Å². The highest BCUT2D eigenvalue weighted by Crippen LogP contribution is 2.26. The molecule has 1 fully saturated rings. The molecule has 0 saturated carbocycles. The fraction of sp³-hybridized carbons (Fsp3) is 0.407. The van der Waals surface area contributed by atoms with Crippen LogP contribution in [0.4, 0.5) is 16.2 Å². The van der Waals surface area contributed by atoms with Crippen molar-refractivity contribution in [3.63, 3.8) is 0 Å². The van der Waals surface area contributed by atoms with E-state index in [0.717, 1.165) is 42.4 Å².